The van der Waals surface area contributed by atoms with Crippen LogP contribution in [0.1, 0.15) is 22.3 Å². The van der Waals surface area contributed by atoms with Crippen LogP contribution in [-0.2, 0) is 9.59 Å². The molecule has 0 aromatic heterocycles. The van der Waals surface area contributed by atoms with Gasteiger partial charge in [-0.3, -0.25) is 9.59 Å². The van der Waals surface area contributed by atoms with Crippen LogP contribution in [0.15, 0.2) is 78.5 Å². The van der Waals surface area contributed by atoms with Gasteiger partial charge in [-0.05, 0) is 61.2 Å². The van der Waals surface area contributed by atoms with Crippen molar-refractivity contribution < 1.29 is 9.59 Å². The molecule has 0 atom stereocenters. The van der Waals surface area contributed by atoms with Gasteiger partial charge in [0, 0.05) is 31.9 Å². The van der Waals surface area contributed by atoms with E-state index in [0.29, 0.717) is 30.0 Å². The minimum Gasteiger partial charge on any atom is -0.368 e. The van der Waals surface area contributed by atoms with Crippen LogP contribution in [0.5, 0.6) is 0 Å². The average molecular weight is 452 g/mol. The molecule has 2 amide bonds. The highest BCUT2D eigenvalue weighted by molar-refractivity contribution is 6.45. The van der Waals surface area contributed by atoms with Gasteiger partial charge in [-0.2, -0.15) is 0 Å². The van der Waals surface area contributed by atoms with E-state index in [1.54, 1.807) is 0 Å². The molecule has 34 heavy (non-hydrogen) atoms. The van der Waals surface area contributed by atoms with Gasteiger partial charge in [-0.15, -0.1) is 0 Å². The van der Waals surface area contributed by atoms with Crippen molar-refractivity contribution in [1.29, 1.82) is 0 Å². The number of hydrogen-bond acceptors (Lipinski definition) is 4. The predicted octanol–water partition coefficient (Wildman–Crippen LogP) is 4.72. The summed E-state index contributed by atoms with van der Waals surface area (Å²) in [4.78, 5) is 33.4. The van der Waals surface area contributed by atoms with Crippen molar-refractivity contribution in [2.75, 3.05) is 36.0 Å². The third kappa shape index (κ3) is 3.87. The van der Waals surface area contributed by atoms with Crippen LogP contribution < -0.4 is 9.80 Å². The van der Waals surface area contributed by atoms with Gasteiger partial charge in [0.05, 0.1) is 11.3 Å². The first kappa shape index (κ1) is 22.0. The highest BCUT2D eigenvalue weighted by atomic mass is 16.2. The number of hydrogen-bond donors (Lipinski definition) is 0. The number of anilines is 2. The van der Waals surface area contributed by atoms with Gasteiger partial charge < -0.3 is 9.80 Å². The minimum atomic E-state index is -0.249. The normalized spacial score (nSPS) is 16.6. The molecule has 1 fully saturated rings. The van der Waals surface area contributed by atoms with Crippen molar-refractivity contribution in [3.05, 3.63) is 101 Å². The first-order valence-electron chi connectivity index (χ1n) is 11.8. The Morgan fingerprint density at radius 1 is 0.647 bits per heavy atom. The highest BCUT2D eigenvalue weighted by Gasteiger charge is 2.43. The molecule has 0 saturated carbocycles. The summed E-state index contributed by atoms with van der Waals surface area (Å²) in [5.74, 6) is -0.484. The van der Waals surface area contributed by atoms with Crippen molar-refractivity contribution in [1.82, 2.24) is 4.90 Å². The highest BCUT2D eigenvalue weighted by Crippen LogP contribution is 2.37. The molecular formula is C29H29N3O2. The molecule has 5 heteroatoms. The zero-order valence-corrected chi connectivity index (χ0v) is 19.9. The van der Waals surface area contributed by atoms with Crippen LogP contribution in [0.3, 0.4) is 0 Å². The SMILES string of the molecule is Cc1cccc(N2CCN(C3=C(c4ccccc4)C(=O)N(c4cc(C)ccc4C)C3=O)CC2)c1. The number of aryl methyl sites for hydroxylation is 3. The molecule has 5 nitrogen and oxygen atoms in total. The van der Waals surface area contributed by atoms with Crippen LogP contribution in [0.25, 0.3) is 5.57 Å². The Labute approximate surface area is 200 Å². The number of rotatable bonds is 4. The van der Waals surface area contributed by atoms with Crippen molar-refractivity contribution >= 4 is 28.8 Å². The molecular weight excluding hydrogens is 422 g/mol. The van der Waals surface area contributed by atoms with Crippen molar-refractivity contribution in [2.45, 2.75) is 20.8 Å². The van der Waals surface area contributed by atoms with E-state index in [1.165, 1.54) is 16.2 Å². The summed E-state index contributed by atoms with van der Waals surface area (Å²) in [7, 11) is 0. The van der Waals surface area contributed by atoms with Crippen molar-refractivity contribution in [2.24, 2.45) is 0 Å². The first-order chi connectivity index (χ1) is 16.4. The molecule has 0 unspecified atom stereocenters. The second-order valence-corrected chi connectivity index (χ2v) is 9.14. The molecule has 0 radical (unpaired) electrons. The zero-order chi connectivity index (χ0) is 23.8. The van der Waals surface area contributed by atoms with Gasteiger partial charge in [0.2, 0.25) is 0 Å². The Balaban J connectivity index is 1.50. The molecule has 172 valence electrons. The smallest absolute Gasteiger partial charge is 0.282 e. The summed E-state index contributed by atoms with van der Waals surface area (Å²) in [5, 5.41) is 0. The summed E-state index contributed by atoms with van der Waals surface area (Å²) in [6.45, 7) is 8.96. The number of amides is 2. The first-order valence-corrected chi connectivity index (χ1v) is 11.8. The molecule has 5 rings (SSSR count). The fourth-order valence-corrected chi connectivity index (χ4v) is 4.87. The molecule has 3 aromatic rings. The Hall–Kier alpha value is -3.86. The molecule has 0 bridgehead atoms. The van der Waals surface area contributed by atoms with Crippen LogP contribution in [0, 0.1) is 20.8 Å². The third-order valence-corrected chi connectivity index (χ3v) is 6.69. The van der Waals surface area contributed by atoms with Gasteiger partial charge in [0.25, 0.3) is 11.8 Å². The summed E-state index contributed by atoms with van der Waals surface area (Å²) in [5.41, 5.74) is 6.81. The number of carbonyl (C=O) groups is 2. The molecule has 2 aliphatic rings. The van der Waals surface area contributed by atoms with E-state index >= 15 is 0 Å². The Bertz CT molecular complexity index is 1290. The van der Waals surface area contributed by atoms with Gasteiger partial charge in [0.15, 0.2) is 0 Å². The van der Waals surface area contributed by atoms with Gasteiger partial charge in [-0.1, -0.05) is 54.6 Å². The number of piperazine rings is 1. The lowest BCUT2D eigenvalue weighted by Gasteiger charge is -2.37. The minimum absolute atomic E-state index is 0.235. The fourth-order valence-electron chi connectivity index (χ4n) is 4.87. The number of benzene rings is 3. The fraction of sp³-hybridized carbons (Fsp3) is 0.241. The molecule has 2 aliphatic heterocycles. The second kappa shape index (κ2) is 8.82. The largest absolute Gasteiger partial charge is 0.368 e. The monoisotopic (exact) mass is 451 g/mol. The van der Waals surface area contributed by atoms with Gasteiger partial charge >= 0.3 is 0 Å². The zero-order valence-electron chi connectivity index (χ0n) is 19.9. The van der Waals surface area contributed by atoms with Crippen LogP contribution >= 0.6 is 0 Å². The molecule has 2 heterocycles. The number of imide groups is 1. The summed E-state index contributed by atoms with van der Waals surface area (Å²) >= 11 is 0. The Kier molecular flexibility index (Phi) is 5.70. The molecule has 0 aliphatic carbocycles. The lowest BCUT2D eigenvalue weighted by molar-refractivity contribution is -0.120. The topological polar surface area (TPSA) is 43.9 Å². The third-order valence-electron chi connectivity index (χ3n) is 6.69. The molecule has 1 saturated heterocycles. The van der Waals surface area contributed by atoms with E-state index in [2.05, 4.69) is 41.0 Å². The predicted molar refractivity (Wildman–Crippen MR) is 137 cm³/mol. The lowest BCUT2D eigenvalue weighted by Crippen LogP contribution is -2.47. The van der Waals surface area contributed by atoms with Crippen LogP contribution in [0.2, 0.25) is 0 Å². The van der Waals surface area contributed by atoms with E-state index in [-0.39, 0.29) is 11.8 Å². The summed E-state index contributed by atoms with van der Waals surface area (Å²) in [6, 6.07) is 24.0. The molecule has 3 aromatic carbocycles. The number of nitrogens with zero attached hydrogens (tertiary/aromatic N) is 3. The van der Waals surface area contributed by atoms with E-state index in [0.717, 1.165) is 29.8 Å². The lowest BCUT2D eigenvalue weighted by atomic mass is 10.0. The van der Waals surface area contributed by atoms with Gasteiger partial charge in [-0.25, -0.2) is 4.90 Å². The maximum atomic E-state index is 13.9. The standard InChI is InChI=1S/C29H29N3O2/c1-20-8-7-11-24(18-20)30-14-16-31(17-15-30)27-26(23-9-5-4-6-10-23)28(33)32(29(27)34)25-19-21(2)12-13-22(25)3/h4-13,18-19H,14-17H2,1-3H3. The summed E-state index contributed by atoms with van der Waals surface area (Å²) in [6.07, 6.45) is 0. The quantitative estimate of drug-likeness (QED) is 0.539. The Morgan fingerprint density at radius 2 is 1.32 bits per heavy atom. The van der Waals surface area contributed by atoms with Crippen LogP contribution in [-0.4, -0.2) is 42.9 Å². The summed E-state index contributed by atoms with van der Waals surface area (Å²) < 4.78 is 0. The Morgan fingerprint density at radius 3 is 2.03 bits per heavy atom. The van der Waals surface area contributed by atoms with Gasteiger partial charge in [0.1, 0.15) is 5.70 Å². The van der Waals surface area contributed by atoms with Crippen LogP contribution in [0.4, 0.5) is 11.4 Å². The van der Waals surface area contributed by atoms with E-state index in [9.17, 15) is 9.59 Å². The number of carbonyl (C=O) groups excluding carboxylic acids is 2. The second-order valence-electron chi connectivity index (χ2n) is 9.14. The molecule has 0 spiro atoms. The maximum absolute atomic E-state index is 13.9. The average Bonchev–Trinajstić information content (AvgIpc) is 3.11. The van der Waals surface area contributed by atoms with E-state index in [1.807, 2.05) is 62.4 Å². The molecule has 0 N–H and O–H groups in total. The van der Waals surface area contributed by atoms with Crippen molar-refractivity contribution in [3.8, 4) is 0 Å². The maximum Gasteiger partial charge on any atom is 0.282 e. The van der Waals surface area contributed by atoms with E-state index < -0.39 is 0 Å². The van der Waals surface area contributed by atoms with E-state index in [4.69, 9.17) is 0 Å². The van der Waals surface area contributed by atoms with Crippen molar-refractivity contribution in [3.63, 3.8) is 0 Å².